The first kappa shape index (κ1) is 15.2. The first-order valence-electron chi connectivity index (χ1n) is 7.71. The van der Waals surface area contributed by atoms with Gasteiger partial charge in [0.1, 0.15) is 0 Å². The maximum atomic E-state index is 5.93. The molecule has 0 aromatic rings. The minimum Gasteiger partial charge on any atom is -0.377 e. The van der Waals surface area contributed by atoms with Crippen molar-refractivity contribution in [3.8, 4) is 0 Å². The summed E-state index contributed by atoms with van der Waals surface area (Å²) >= 11 is 0. The standard InChI is InChI=1S/C15H30N2O2/c1-12-10-17(11-15(3,4)19-12)8-7-16-13(2)14-6-5-9-18-14/h12-14,16H,5-11H2,1-4H3. The van der Waals surface area contributed by atoms with Crippen molar-refractivity contribution in [2.75, 3.05) is 32.8 Å². The van der Waals surface area contributed by atoms with E-state index in [0.717, 1.165) is 32.8 Å². The van der Waals surface area contributed by atoms with E-state index in [0.29, 0.717) is 18.2 Å². The van der Waals surface area contributed by atoms with Crippen molar-refractivity contribution in [3.63, 3.8) is 0 Å². The van der Waals surface area contributed by atoms with Crippen molar-refractivity contribution in [1.82, 2.24) is 10.2 Å². The second-order valence-electron chi connectivity index (χ2n) is 6.72. The minimum atomic E-state index is -0.0160. The summed E-state index contributed by atoms with van der Waals surface area (Å²) in [4.78, 5) is 2.50. The molecule has 112 valence electrons. The van der Waals surface area contributed by atoms with E-state index in [-0.39, 0.29) is 5.60 Å². The van der Waals surface area contributed by atoms with Crippen LogP contribution in [0.1, 0.15) is 40.5 Å². The van der Waals surface area contributed by atoms with Gasteiger partial charge in [-0.2, -0.15) is 0 Å². The Labute approximate surface area is 117 Å². The van der Waals surface area contributed by atoms with Crippen LogP contribution in [0.2, 0.25) is 0 Å². The highest BCUT2D eigenvalue weighted by Crippen LogP contribution is 2.20. The van der Waals surface area contributed by atoms with Gasteiger partial charge in [0.25, 0.3) is 0 Å². The third kappa shape index (κ3) is 4.71. The van der Waals surface area contributed by atoms with Gasteiger partial charge in [-0.25, -0.2) is 0 Å². The smallest absolute Gasteiger partial charge is 0.0757 e. The van der Waals surface area contributed by atoms with Crippen LogP contribution in [-0.4, -0.2) is 61.5 Å². The van der Waals surface area contributed by atoms with Crippen LogP contribution in [0.5, 0.6) is 0 Å². The molecular weight excluding hydrogens is 240 g/mol. The molecule has 0 aromatic carbocycles. The summed E-state index contributed by atoms with van der Waals surface area (Å²) in [5.74, 6) is 0. The lowest BCUT2D eigenvalue weighted by atomic mass is 10.1. The topological polar surface area (TPSA) is 33.7 Å². The maximum absolute atomic E-state index is 5.93. The van der Waals surface area contributed by atoms with Crippen LogP contribution in [0.25, 0.3) is 0 Å². The normalized spacial score (nSPS) is 33.5. The molecule has 2 fully saturated rings. The van der Waals surface area contributed by atoms with Gasteiger partial charge in [-0.15, -0.1) is 0 Å². The molecule has 3 atom stereocenters. The summed E-state index contributed by atoms with van der Waals surface area (Å²) in [7, 11) is 0. The lowest BCUT2D eigenvalue weighted by Crippen LogP contribution is -2.53. The summed E-state index contributed by atoms with van der Waals surface area (Å²) in [5, 5.41) is 3.61. The summed E-state index contributed by atoms with van der Waals surface area (Å²) in [6.07, 6.45) is 3.17. The summed E-state index contributed by atoms with van der Waals surface area (Å²) in [6.45, 7) is 13.9. The predicted molar refractivity (Wildman–Crippen MR) is 77.5 cm³/mol. The zero-order valence-corrected chi connectivity index (χ0v) is 12.9. The number of ether oxygens (including phenoxy) is 2. The van der Waals surface area contributed by atoms with Gasteiger partial charge in [0.2, 0.25) is 0 Å². The zero-order valence-electron chi connectivity index (χ0n) is 12.9. The highest BCUT2D eigenvalue weighted by Gasteiger charge is 2.31. The lowest BCUT2D eigenvalue weighted by molar-refractivity contribution is -0.128. The third-order valence-electron chi connectivity index (χ3n) is 4.06. The van der Waals surface area contributed by atoms with Gasteiger partial charge < -0.3 is 14.8 Å². The zero-order chi connectivity index (χ0) is 13.9. The average molecular weight is 270 g/mol. The summed E-state index contributed by atoms with van der Waals surface area (Å²) in [6, 6.07) is 0.467. The maximum Gasteiger partial charge on any atom is 0.0757 e. The Morgan fingerprint density at radius 1 is 1.42 bits per heavy atom. The van der Waals surface area contributed by atoms with E-state index in [1.165, 1.54) is 12.8 Å². The van der Waals surface area contributed by atoms with Gasteiger partial charge >= 0.3 is 0 Å². The van der Waals surface area contributed by atoms with E-state index in [4.69, 9.17) is 9.47 Å². The molecule has 2 aliphatic heterocycles. The Bertz CT molecular complexity index is 277. The van der Waals surface area contributed by atoms with Crippen LogP contribution >= 0.6 is 0 Å². The van der Waals surface area contributed by atoms with E-state index < -0.39 is 0 Å². The predicted octanol–water partition coefficient (Wildman–Crippen LogP) is 1.64. The van der Waals surface area contributed by atoms with Crippen molar-refractivity contribution in [2.45, 2.75) is 64.4 Å². The second kappa shape index (κ2) is 6.53. The third-order valence-corrected chi connectivity index (χ3v) is 4.06. The van der Waals surface area contributed by atoms with Gasteiger partial charge in [-0.3, -0.25) is 4.90 Å². The van der Waals surface area contributed by atoms with Gasteiger partial charge in [0, 0.05) is 38.8 Å². The molecule has 1 N–H and O–H groups in total. The second-order valence-corrected chi connectivity index (χ2v) is 6.72. The quantitative estimate of drug-likeness (QED) is 0.823. The van der Waals surface area contributed by atoms with Crippen LogP contribution < -0.4 is 5.32 Å². The fourth-order valence-electron chi connectivity index (χ4n) is 3.33. The Hall–Kier alpha value is -0.160. The van der Waals surface area contributed by atoms with Crippen LogP contribution in [0.15, 0.2) is 0 Å². The molecule has 2 saturated heterocycles. The molecule has 4 heteroatoms. The number of nitrogens with one attached hydrogen (secondary N) is 1. The van der Waals surface area contributed by atoms with Crippen molar-refractivity contribution in [3.05, 3.63) is 0 Å². The van der Waals surface area contributed by atoms with Crippen molar-refractivity contribution < 1.29 is 9.47 Å². The molecule has 0 amide bonds. The number of hydrogen-bond acceptors (Lipinski definition) is 4. The average Bonchev–Trinajstić information content (AvgIpc) is 2.79. The lowest BCUT2D eigenvalue weighted by Gasteiger charge is -2.42. The Balaban J connectivity index is 1.67. The number of morpholine rings is 1. The summed E-state index contributed by atoms with van der Waals surface area (Å²) < 4.78 is 11.6. The highest BCUT2D eigenvalue weighted by atomic mass is 16.5. The van der Waals surface area contributed by atoms with Crippen LogP contribution in [0.3, 0.4) is 0 Å². The van der Waals surface area contributed by atoms with Crippen LogP contribution in [0.4, 0.5) is 0 Å². The van der Waals surface area contributed by atoms with E-state index in [1.807, 2.05) is 0 Å². The van der Waals surface area contributed by atoms with Crippen molar-refractivity contribution >= 4 is 0 Å². The van der Waals surface area contributed by atoms with Crippen molar-refractivity contribution in [1.29, 1.82) is 0 Å². The summed E-state index contributed by atoms with van der Waals surface area (Å²) in [5.41, 5.74) is -0.0160. The molecule has 0 radical (unpaired) electrons. The Kier molecular flexibility index (Phi) is 5.23. The molecule has 0 spiro atoms. The number of rotatable bonds is 5. The molecule has 0 bridgehead atoms. The minimum absolute atomic E-state index is 0.0160. The largest absolute Gasteiger partial charge is 0.377 e. The van der Waals surface area contributed by atoms with Crippen LogP contribution in [0, 0.1) is 0 Å². The molecule has 2 heterocycles. The fraction of sp³-hybridized carbons (Fsp3) is 1.00. The first-order valence-corrected chi connectivity index (χ1v) is 7.71. The molecular formula is C15H30N2O2. The molecule has 4 nitrogen and oxygen atoms in total. The molecule has 2 rings (SSSR count). The number of nitrogens with zero attached hydrogens (tertiary/aromatic N) is 1. The van der Waals surface area contributed by atoms with Gasteiger partial charge in [0.05, 0.1) is 17.8 Å². The highest BCUT2D eigenvalue weighted by molar-refractivity contribution is 4.83. The molecule has 0 aliphatic carbocycles. The van der Waals surface area contributed by atoms with E-state index >= 15 is 0 Å². The molecule has 0 saturated carbocycles. The van der Waals surface area contributed by atoms with Gasteiger partial charge in [-0.1, -0.05) is 0 Å². The van der Waals surface area contributed by atoms with Gasteiger partial charge in [0.15, 0.2) is 0 Å². The monoisotopic (exact) mass is 270 g/mol. The first-order chi connectivity index (χ1) is 8.96. The Morgan fingerprint density at radius 3 is 2.84 bits per heavy atom. The van der Waals surface area contributed by atoms with E-state index in [2.05, 4.69) is 37.9 Å². The number of hydrogen-bond donors (Lipinski definition) is 1. The molecule has 19 heavy (non-hydrogen) atoms. The van der Waals surface area contributed by atoms with E-state index in [9.17, 15) is 0 Å². The van der Waals surface area contributed by atoms with Crippen LogP contribution in [-0.2, 0) is 9.47 Å². The van der Waals surface area contributed by atoms with Crippen molar-refractivity contribution in [2.24, 2.45) is 0 Å². The Morgan fingerprint density at radius 2 is 2.21 bits per heavy atom. The SMILES string of the molecule is CC1CN(CCNC(C)C2CCCO2)CC(C)(C)O1. The van der Waals surface area contributed by atoms with E-state index in [1.54, 1.807) is 0 Å². The molecule has 0 aromatic heterocycles. The fourth-order valence-corrected chi connectivity index (χ4v) is 3.33. The molecule has 2 aliphatic rings. The van der Waals surface area contributed by atoms with Gasteiger partial charge in [-0.05, 0) is 40.5 Å². The molecule has 3 unspecified atom stereocenters.